The van der Waals surface area contributed by atoms with E-state index in [1.807, 2.05) is 92.7 Å². The van der Waals surface area contributed by atoms with Gasteiger partial charge in [-0.25, -0.2) is 0 Å². The molecule has 7 nitrogen and oxygen atoms in total. The number of rotatable bonds is 12. The van der Waals surface area contributed by atoms with Gasteiger partial charge in [0.25, 0.3) is 0 Å². The Morgan fingerprint density at radius 1 is 0.587 bits per heavy atom. The van der Waals surface area contributed by atoms with Crippen molar-refractivity contribution in [3.63, 3.8) is 0 Å². The molecule has 3 aromatic carbocycles. The van der Waals surface area contributed by atoms with Crippen LogP contribution in [0.5, 0.6) is 0 Å². The highest BCUT2D eigenvalue weighted by molar-refractivity contribution is 6.28. The van der Waals surface area contributed by atoms with Gasteiger partial charge in [-0.15, -0.1) is 0 Å². The highest BCUT2D eigenvalue weighted by Crippen LogP contribution is 2.42. The largest absolute Gasteiger partial charge is 0.871 e. The molecule has 10 heteroatoms. The summed E-state index contributed by atoms with van der Waals surface area (Å²) in [5.41, 5.74) is 3.17. The lowest BCUT2D eigenvalue weighted by atomic mass is 9.67. The predicted octanol–water partition coefficient (Wildman–Crippen LogP) is 4.68. The van der Waals surface area contributed by atoms with Crippen molar-refractivity contribution in [1.82, 2.24) is 0 Å². The Balaban J connectivity index is 0.000000235. The molecule has 0 atom stereocenters. The summed E-state index contributed by atoms with van der Waals surface area (Å²) >= 11 is 11.5. The lowest BCUT2D eigenvalue weighted by molar-refractivity contribution is -0.889. The molecule has 0 spiro atoms. The smallest absolute Gasteiger partial charge is 0.325 e. The van der Waals surface area contributed by atoms with Crippen LogP contribution in [0.2, 0.25) is 10.3 Å². The molecular weight excluding hydrogens is 622 g/mol. The maximum absolute atomic E-state index is 10.7. The molecule has 0 aliphatic carbocycles. The number of pyridine rings is 2. The minimum absolute atomic E-state index is 0.159. The summed E-state index contributed by atoms with van der Waals surface area (Å²) in [6.07, 6.45) is 4.88. The van der Waals surface area contributed by atoms with E-state index in [-0.39, 0.29) is 12.0 Å². The molecule has 46 heavy (non-hydrogen) atoms. The van der Waals surface area contributed by atoms with E-state index >= 15 is 0 Å². The van der Waals surface area contributed by atoms with Crippen molar-refractivity contribution in [2.24, 2.45) is 0 Å². The summed E-state index contributed by atoms with van der Waals surface area (Å²) in [7, 11) is -2.23. The molecule has 0 saturated carbocycles. The minimum atomic E-state index is -2.23. The Bertz CT molecular complexity index is 1390. The van der Waals surface area contributed by atoms with Crippen LogP contribution in [0.4, 0.5) is 0 Å². The van der Waals surface area contributed by atoms with Crippen LogP contribution in [0, 0.1) is 0 Å². The summed E-state index contributed by atoms with van der Waals surface area (Å²) in [5, 5.41) is 22.5. The maximum Gasteiger partial charge on any atom is 0.325 e. The molecule has 0 amide bonds. The first kappa shape index (κ1) is 36.6. The van der Waals surface area contributed by atoms with Crippen LogP contribution in [-0.4, -0.2) is 27.1 Å². The second-order valence-electron chi connectivity index (χ2n) is 9.80. The first-order chi connectivity index (χ1) is 22.4. The van der Waals surface area contributed by atoms with Crippen LogP contribution in [0.25, 0.3) is 0 Å². The van der Waals surface area contributed by atoms with E-state index in [0.29, 0.717) is 29.9 Å². The molecule has 2 aromatic heterocycles. The molecule has 0 fully saturated rings. The van der Waals surface area contributed by atoms with Crippen LogP contribution < -0.4 is 29.2 Å². The Hall–Kier alpha value is -3.92. The topological polar surface area (TPSA) is 81.6 Å². The fraction of sp³-hybridized carbons (Fsp3) is 0.222. The summed E-state index contributed by atoms with van der Waals surface area (Å²) in [6, 6.07) is 42.0. The lowest BCUT2D eigenvalue weighted by Crippen LogP contribution is -2.48. The van der Waals surface area contributed by atoms with E-state index in [1.54, 1.807) is 24.5 Å². The Morgan fingerprint density at radius 3 is 1.28 bits per heavy atom. The van der Waals surface area contributed by atoms with E-state index in [0.717, 1.165) is 6.42 Å². The number of halogens is 2. The zero-order chi connectivity index (χ0) is 33.0. The van der Waals surface area contributed by atoms with Crippen LogP contribution in [0.15, 0.2) is 140 Å². The summed E-state index contributed by atoms with van der Waals surface area (Å²) in [6.45, 7) is 5.22. The molecule has 5 aromatic rings. The highest BCUT2D eigenvalue weighted by atomic mass is 35.5. The van der Waals surface area contributed by atoms with Crippen molar-refractivity contribution >= 4 is 30.5 Å². The quantitative estimate of drug-likeness (QED) is 0.0639. The van der Waals surface area contributed by atoms with Crippen LogP contribution in [-0.2, 0) is 10.1 Å². The van der Waals surface area contributed by atoms with E-state index in [9.17, 15) is 10.0 Å². The Kier molecular flexibility index (Phi) is 16.1. The molecule has 0 aliphatic rings. The Labute approximate surface area is 282 Å². The molecule has 0 bridgehead atoms. The fourth-order valence-corrected chi connectivity index (χ4v) is 5.28. The van der Waals surface area contributed by atoms with Crippen molar-refractivity contribution in [2.75, 3.05) is 19.8 Å². The third-order valence-corrected chi connectivity index (χ3v) is 7.43. The van der Waals surface area contributed by atoms with E-state index < -0.39 is 7.32 Å². The number of hydrogen-bond donors (Lipinski definition) is 0. The van der Waals surface area contributed by atoms with E-state index in [4.69, 9.17) is 37.5 Å². The normalized spacial score (nSPS) is 10.5. The number of nitrogens with zero attached hydrogens (tertiary/aromatic N) is 2. The van der Waals surface area contributed by atoms with Gasteiger partial charge in [-0.05, 0) is 78.7 Å². The molecule has 2 heterocycles. The van der Waals surface area contributed by atoms with Crippen LogP contribution in [0.3, 0.4) is 0 Å². The first-order valence-electron chi connectivity index (χ1n) is 15.1. The standard InChI is InChI=1S/C22H21BO3.2C7H9ClNO/c24-23(25)26-18-10-17-22(19-11-4-1-5-12-19,20-13-6-2-7-14-20)21-15-8-3-9-16-21;2*1-2-10-9-6-4-3-5-7(9)8/h1-9,11-16H,10,17-18H2;2*3-6H,2H2,1H3/q-2;2*+1. The maximum atomic E-state index is 10.7. The second-order valence-corrected chi connectivity index (χ2v) is 10.6. The molecule has 0 saturated heterocycles. The molecule has 0 unspecified atom stereocenters. The van der Waals surface area contributed by atoms with Crippen molar-refractivity contribution in [2.45, 2.75) is 32.1 Å². The van der Waals surface area contributed by atoms with Gasteiger partial charge in [0, 0.05) is 45.7 Å². The van der Waals surface area contributed by atoms with Gasteiger partial charge in [0.1, 0.15) is 0 Å². The SMILES string of the molecule is CCO[n+]1ccccc1Cl.CCO[n+]1ccccc1Cl.[O-]B([O-])OCCCC(c1ccccc1)(c1ccccc1)c1ccccc1. The van der Waals surface area contributed by atoms with Crippen molar-refractivity contribution in [1.29, 1.82) is 0 Å². The predicted molar refractivity (Wildman–Crippen MR) is 178 cm³/mol. The van der Waals surface area contributed by atoms with Gasteiger partial charge >= 0.3 is 10.3 Å². The van der Waals surface area contributed by atoms with Crippen LogP contribution >= 0.6 is 23.2 Å². The van der Waals surface area contributed by atoms with Gasteiger partial charge in [0.05, 0.1) is 7.32 Å². The van der Waals surface area contributed by atoms with Crippen molar-refractivity contribution < 1.29 is 33.8 Å². The molecule has 0 aliphatic heterocycles. The second kappa shape index (κ2) is 20.3. The lowest BCUT2D eigenvalue weighted by Gasteiger charge is -2.37. The average Bonchev–Trinajstić information content (AvgIpc) is 3.09. The zero-order valence-electron chi connectivity index (χ0n) is 26.1. The van der Waals surface area contributed by atoms with Crippen LogP contribution in [0.1, 0.15) is 43.4 Å². The number of hydrogen-bond acceptors (Lipinski definition) is 5. The van der Waals surface area contributed by atoms with E-state index in [1.165, 1.54) is 26.2 Å². The molecule has 0 N–H and O–H groups in total. The van der Waals surface area contributed by atoms with E-state index in [2.05, 4.69) is 36.4 Å². The highest BCUT2D eigenvalue weighted by Gasteiger charge is 2.35. The first-order valence-corrected chi connectivity index (χ1v) is 15.9. The summed E-state index contributed by atoms with van der Waals surface area (Å²) in [5.74, 6) is 0. The third-order valence-electron chi connectivity index (χ3n) is 6.84. The Morgan fingerprint density at radius 2 is 0.957 bits per heavy atom. The molecule has 240 valence electrons. The summed E-state index contributed by atoms with van der Waals surface area (Å²) in [4.78, 5) is 10.2. The average molecular weight is 661 g/mol. The van der Waals surface area contributed by atoms with Crippen molar-refractivity contribution in [3.8, 4) is 0 Å². The van der Waals surface area contributed by atoms with Gasteiger partial charge < -0.3 is 14.7 Å². The summed E-state index contributed by atoms with van der Waals surface area (Å²) < 4.78 is 7.79. The minimum Gasteiger partial charge on any atom is -0.871 e. The third kappa shape index (κ3) is 11.2. The van der Waals surface area contributed by atoms with Gasteiger partial charge in [0.2, 0.25) is 12.4 Å². The zero-order valence-corrected chi connectivity index (χ0v) is 27.6. The monoisotopic (exact) mass is 660 g/mol. The number of benzene rings is 3. The van der Waals surface area contributed by atoms with Gasteiger partial charge in [-0.3, -0.25) is 9.68 Å². The fourth-order valence-electron chi connectivity index (χ4n) is 4.92. The van der Waals surface area contributed by atoms with Gasteiger partial charge in [-0.1, -0.05) is 91.0 Å². The molecule has 0 radical (unpaired) electrons. The molecule has 5 rings (SSSR count). The molecular formula is C36H39BCl2N2O5. The van der Waals surface area contributed by atoms with Gasteiger partial charge in [0.15, 0.2) is 13.2 Å². The number of aromatic nitrogens is 2. The van der Waals surface area contributed by atoms with Gasteiger partial charge in [-0.2, -0.15) is 0 Å². The van der Waals surface area contributed by atoms with Crippen molar-refractivity contribution in [3.05, 3.63) is 167 Å².